The molecule has 1 aliphatic rings. The molecule has 2 heterocycles. The van der Waals surface area contributed by atoms with Crippen molar-refractivity contribution in [2.45, 2.75) is 25.9 Å². The molecule has 2 amide bonds. The Labute approximate surface area is 117 Å². The van der Waals surface area contributed by atoms with Crippen LogP contribution in [0.5, 0.6) is 0 Å². The molecule has 2 atom stereocenters. The van der Waals surface area contributed by atoms with Crippen molar-refractivity contribution in [3.05, 3.63) is 24.2 Å². The van der Waals surface area contributed by atoms with Crippen LogP contribution < -0.4 is 5.32 Å². The molecule has 0 aromatic carbocycles. The molecule has 6 nitrogen and oxygen atoms in total. The summed E-state index contributed by atoms with van der Waals surface area (Å²) in [5.41, 5.74) is 0.444. The highest BCUT2D eigenvalue weighted by molar-refractivity contribution is 5.94. The summed E-state index contributed by atoms with van der Waals surface area (Å²) >= 11 is 0. The van der Waals surface area contributed by atoms with Gasteiger partial charge in [0.15, 0.2) is 0 Å². The Hall–Kier alpha value is -1.82. The topological polar surface area (TPSA) is 82.8 Å². The average Bonchev–Trinajstić information content (AvgIpc) is 2.95. The molecule has 1 aromatic heterocycles. The summed E-state index contributed by atoms with van der Waals surface area (Å²) in [7, 11) is 0. The van der Waals surface area contributed by atoms with E-state index in [-0.39, 0.29) is 30.7 Å². The van der Waals surface area contributed by atoms with Gasteiger partial charge in [0, 0.05) is 26.1 Å². The molecule has 110 valence electrons. The van der Waals surface area contributed by atoms with Gasteiger partial charge in [-0.1, -0.05) is 6.92 Å². The molecule has 0 spiro atoms. The molecule has 6 heteroatoms. The van der Waals surface area contributed by atoms with E-state index in [1.165, 1.54) is 12.5 Å². The second-order valence-electron chi connectivity index (χ2n) is 5.19. The number of β-amino-alcohol motifs (C(OH)–C–C–N with tert-alkyl or cyclic N) is 1. The van der Waals surface area contributed by atoms with E-state index in [4.69, 9.17) is 4.42 Å². The summed E-state index contributed by atoms with van der Waals surface area (Å²) in [4.78, 5) is 25.2. The summed E-state index contributed by atoms with van der Waals surface area (Å²) in [6.07, 6.45) is 3.39. The van der Waals surface area contributed by atoms with Crippen LogP contribution in [0, 0.1) is 5.92 Å². The van der Waals surface area contributed by atoms with Gasteiger partial charge in [-0.2, -0.15) is 0 Å². The van der Waals surface area contributed by atoms with E-state index in [9.17, 15) is 14.7 Å². The van der Waals surface area contributed by atoms with Crippen molar-refractivity contribution in [1.29, 1.82) is 0 Å². The lowest BCUT2D eigenvalue weighted by molar-refractivity contribution is -0.135. The van der Waals surface area contributed by atoms with Crippen LogP contribution in [-0.2, 0) is 4.79 Å². The maximum absolute atomic E-state index is 12.0. The van der Waals surface area contributed by atoms with Crippen LogP contribution >= 0.6 is 0 Å². The van der Waals surface area contributed by atoms with Crippen LogP contribution in [0.2, 0.25) is 0 Å². The van der Waals surface area contributed by atoms with Gasteiger partial charge >= 0.3 is 0 Å². The number of rotatable bonds is 4. The Morgan fingerprint density at radius 2 is 2.35 bits per heavy atom. The van der Waals surface area contributed by atoms with Gasteiger partial charge in [0.05, 0.1) is 17.9 Å². The minimum absolute atomic E-state index is 0.0385. The number of hydrogen-bond acceptors (Lipinski definition) is 4. The highest BCUT2D eigenvalue weighted by atomic mass is 16.3. The molecule has 1 fully saturated rings. The van der Waals surface area contributed by atoms with Gasteiger partial charge in [-0.25, -0.2) is 0 Å². The van der Waals surface area contributed by atoms with Gasteiger partial charge in [0.25, 0.3) is 5.91 Å². The quantitative estimate of drug-likeness (QED) is 0.847. The first kappa shape index (κ1) is 14.6. The van der Waals surface area contributed by atoms with Gasteiger partial charge < -0.3 is 19.7 Å². The summed E-state index contributed by atoms with van der Waals surface area (Å²) in [6.45, 7) is 3.32. The minimum atomic E-state index is -0.451. The van der Waals surface area contributed by atoms with Crippen molar-refractivity contribution in [1.82, 2.24) is 10.2 Å². The van der Waals surface area contributed by atoms with Crippen molar-refractivity contribution in [3.63, 3.8) is 0 Å². The maximum atomic E-state index is 12.0. The van der Waals surface area contributed by atoms with Gasteiger partial charge in [-0.3, -0.25) is 9.59 Å². The Kier molecular flexibility index (Phi) is 4.79. The molecule has 2 rings (SSSR count). The van der Waals surface area contributed by atoms with Gasteiger partial charge in [-0.05, 0) is 18.4 Å². The number of amides is 2. The van der Waals surface area contributed by atoms with E-state index in [2.05, 4.69) is 5.32 Å². The Bertz CT molecular complexity index is 458. The van der Waals surface area contributed by atoms with Crippen LogP contribution in [0.25, 0.3) is 0 Å². The standard InChI is InChI=1S/C14H20N2O4/c1-10-3-6-16(8-12(10)17)13(18)2-5-15-14(19)11-4-7-20-9-11/h4,7,9-10,12,17H,2-3,5-6,8H2,1H3,(H,15,19). The van der Waals surface area contributed by atoms with Crippen molar-refractivity contribution >= 4 is 11.8 Å². The lowest BCUT2D eigenvalue weighted by Gasteiger charge is -2.34. The molecule has 20 heavy (non-hydrogen) atoms. The minimum Gasteiger partial charge on any atom is -0.472 e. The van der Waals surface area contributed by atoms with E-state index in [1.807, 2.05) is 6.92 Å². The molecule has 1 saturated heterocycles. The van der Waals surface area contributed by atoms with Crippen molar-refractivity contribution < 1.29 is 19.1 Å². The number of aliphatic hydroxyl groups is 1. The predicted octanol–water partition coefficient (Wildman–Crippen LogP) is 0.629. The summed E-state index contributed by atoms with van der Waals surface area (Å²) in [5, 5.41) is 12.4. The molecule has 2 unspecified atom stereocenters. The molecular formula is C14H20N2O4. The molecule has 0 radical (unpaired) electrons. The number of furan rings is 1. The number of aliphatic hydroxyl groups excluding tert-OH is 1. The van der Waals surface area contributed by atoms with Gasteiger partial charge in [-0.15, -0.1) is 0 Å². The van der Waals surface area contributed by atoms with Gasteiger partial charge in [0.2, 0.25) is 5.91 Å². The van der Waals surface area contributed by atoms with E-state index in [1.54, 1.807) is 11.0 Å². The van der Waals surface area contributed by atoms with Crippen LogP contribution in [0.4, 0.5) is 0 Å². The summed E-state index contributed by atoms with van der Waals surface area (Å²) in [6, 6.07) is 1.57. The fourth-order valence-electron chi connectivity index (χ4n) is 2.21. The SMILES string of the molecule is CC1CCN(C(=O)CCNC(=O)c2ccoc2)CC1O. The average molecular weight is 280 g/mol. The van der Waals surface area contributed by atoms with Crippen LogP contribution in [0.1, 0.15) is 30.1 Å². The zero-order valence-electron chi connectivity index (χ0n) is 11.5. The van der Waals surface area contributed by atoms with E-state index >= 15 is 0 Å². The number of carbonyl (C=O) groups is 2. The molecule has 1 aromatic rings. The third-order valence-corrected chi connectivity index (χ3v) is 3.68. The molecular weight excluding hydrogens is 260 g/mol. The molecule has 0 bridgehead atoms. The third-order valence-electron chi connectivity index (χ3n) is 3.68. The van der Waals surface area contributed by atoms with Crippen LogP contribution in [-0.4, -0.2) is 47.6 Å². The second-order valence-corrected chi connectivity index (χ2v) is 5.19. The zero-order chi connectivity index (χ0) is 14.5. The van der Waals surface area contributed by atoms with Crippen LogP contribution in [0.15, 0.2) is 23.0 Å². The fourth-order valence-corrected chi connectivity index (χ4v) is 2.21. The molecule has 1 aliphatic heterocycles. The number of likely N-dealkylation sites (tertiary alicyclic amines) is 1. The largest absolute Gasteiger partial charge is 0.472 e. The first-order valence-corrected chi connectivity index (χ1v) is 6.84. The molecule has 0 aliphatic carbocycles. The number of carbonyl (C=O) groups excluding carboxylic acids is 2. The Morgan fingerprint density at radius 1 is 1.55 bits per heavy atom. The van der Waals surface area contributed by atoms with Crippen LogP contribution in [0.3, 0.4) is 0 Å². The van der Waals surface area contributed by atoms with Gasteiger partial charge in [0.1, 0.15) is 6.26 Å². The number of nitrogens with one attached hydrogen (secondary N) is 1. The summed E-state index contributed by atoms with van der Waals surface area (Å²) < 4.78 is 4.82. The maximum Gasteiger partial charge on any atom is 0.254 e. The number of nitrogens with zero attached hydrogens (tertiary/aromatic N) is 1. The second kappa shape index (κ2) is 6.56. The number of hydrogen-bond donors (Lipinski definition) is 2. The molecule has 2 N–H and O–H groups in total. The van der Waals surface area contributed by atoms with Crippen molar-refractivity contribution in [2.75, 3.05) is 19.6 Å². The Morgan fingerprint density at radius 3 is 3.00 bits per heavy atom. The van der Waals surface area contributed by atoms with E-state index in [0.29, 0.717) is 18.7 Å². The highest BCUT2D eigenvalue weighted by Crippen LogP contribution is 2.17. The lowest BCUT2D eigenvalue weighted by Crippen LogP contribution is -2.46. The number of piperidine rings is 1. The van der Waals surface area contributed by atoms with E-state index in [0.717, 1.165) is 6.42 Å². The Balaban J connectivity index is 1.71. The smallest absolute Gasteiger partial charge is 0.254 e. The predicted molar refractivity (Wildman–Crippen MR) is 72.0 cm³/mol. The highest BCUT2D eigenvalue weighted by Gasteiger charge is 2.26. The zero-order valence-corrected chi connectivity index (χ0v) is 11.5. The molecule has 0 saturated carbocycles. The lowest BCUT2D eigenvalue weighted by atomic mass is 9.96. The van der Waals surface area contributed by atoms with Crippen molar-refractivity contribution in [2.24, 2.45) is 5.92 Å². The monoisotopic (exact) mass is 280 g/mol. The normalized spacial score (nSPS) is 22.6. The third kappa shape index (κ3) is 3.60. The summed E-state index contributed by atoms with van der Waals surface area (Å²) in [5.74, 6) is -0.0536. The van der Waals surface area contributed by atoms with E-state index < -0.39 is 6.10 Å². The first-order valence-electron chi connectivity index (χ1n) is 6.84. The van der Waals surface area contributed by atoms with Crippen molar-refractivity contribution in [3.8, 4) is 0 Å². The first-order chi connectivity index (χ1) is 9.58. The fraction of sp³-hybridized carbons (Fsp3) is 0.571.